The maximum Gasteiger partial charge on any atom is 0.501 e. The molecule has 4 rings (SSSR count). The van der Waals surface area contributed by atoms with E-state index in [2.05, 4.69) is 5.32 Å². The molecule has 1 fully saturated rings. The van der Waals surface area contributed by atoms with Gasteiger partial charge in [0.1, 0.15) is 0 Å². The van der Waals surface area contributed by atoms with Crippen molar-refractivity contribution >= 4 is 39.4 Å². The Bertz CT molecular complexity index is 1110. The average molecular weight is 486 g/mol. The van der Waals surface area contributed by atoms with Gasteiger partial charge in [-0.2, -0.15) is 13.2 Å². The van der Waals surface area contributed by atoms with Crippen LogP contribution >= 0.6 is 11.8 Å². The highest BCUT2D eigenvalue weighted by molar-refractivity contribution is 7.99. The average Bonchev–Trinajstić information content (AvgIpc) is 2.77. The summed E-state index contributed by atoms with van der Waals surface area (Å²) in [6.45, 7) is 2.55. The number of para-hydroxylation sites is 1. The fourth-order valence-electron chi connectivity index (χ4n) is 4.02. The Morgan fingerprint density at radius 2 is 1.88 bits per heavy atom. The van der Waals surface area contributed by atoms with Gasteiger partial charge in [-0.25, -0.2) is 8.42 Å². The van der Waals surface area contributed by atoms with Crippen molar-refractivity contribution in [3.05, 3.63) is 42.5 Å². The molecule has 2 aliphatic rings. The number of hydrogen-bond donors (Lipinski definition) is 1. The predicted molar refractivity (Wildman–Crippen MR) is 116 cm³/mol. The number of fused-ring (bicyclic) bond motifs is 2. The molecule has 1 N–H and O–H groups in total. The van der Waals surface area contributed by atoms with Crippen LogP contribution in [-0.2, 0) is 14.6 Å². The highest BCUT2D eigenvalue weighted by Gasteiger charge is 2.47. The van der Waals surface area contributed by atoms with Crippen LogP contribution in [-0.4, -0.2) is 57.5 Å². The summed E-state index contributed by atoms with van der Waals surface area (Å²) in [5, 5.41) is 3.27. The van der Waals surface area contributed by atoms with Gasteiger partial charge in [-0.05, 0) is 43.2 Å². The van der Waals surface area contributed by atoms with Crippen LogP contribution in [0.25, 0.3) is 0 Å². The van der Waals surface area contributed by atoms with E-state index < -0.39 is 20.2 Å². The summed E-state index contributed by atoms with van der Waals surface area (Å²) in [6.07, 6.45) is 2.24. The summed E-state index contributed by atoms with van der Waals surface area (Å²) >= 11 is 1.40. The first kappa shape index (κ1) is 22.9. The number of sulfone groups is 1. The highest BCUT2D eigenvalue weighted by atomic mass is 32.2. The van der Waals surface area contributed by atoms with E-state index >= 15 is 0 Å². The SMILES string of the molecule is O=CN1CCNCC1CCCN1c2ccccc2Sc2ccc(S(=O)(=O)C(F)(F)F)cc21. The van der Waals surface area contributed by atoms with Crippen LogP contribution in [0.3, 0.4) is 0 Å². The van der Waals surface area contributed by atoms with Crippen molar-refractivity contribution in [2.45, 2.75) is 39.1 Å². The smallest absolute Gasteiger partial charge is 0.340 e. The van der Waals surface area contributed by atoms with Gasteiger partial charge >= 0.3 is 5.51 Å². The Balaban J connectivity index is 1.63. The molecule has 1 unspecified atom stereocenters. The Kier molecular flexibility index (Phi) is 6.42. The van der Waals surface area contributed by atoms with E-state index in [-0.39, 0.29) is 6.04 Å². The lowest BCUT2D eigenvalue weighted by atomic mass is 10.1. The van der Waals surface area contributed by atoms with Crippen molar-refractivity contribution in [2.75, 3.05) is 31.1 Å². The molecule has 6 nitrogen and oxygen atoms in total. The standard InChI is InChI=1S/C21H22F3N3O3S2/c22-21(23,24)32(29,30)16-7-8-20-18(12-16)27(17-5-1-2-6-19(17)31-20)10-3-4-15-13-25-9-11-26(15)14-28/h1-2,5-8,12,14-15,25H,3-4,9-11,13H2. The van der Waals surface area contributed by atoms with Gasteiger partial charge in [-0.3, -0.25) is 4.79 Å². The summed E-state index contributed by atoms with van der Waals surface area (Å²) in [4.78, 5) is 15.8. The number of carbonyl (C=O) groups excluding carboxylic acids is 1. The molecule has 0 aliphatic carbocycles. The Hall–Kier alpha value is -2.24. The first-order valence-corrected chi connectivity index (χ1v) is 12.4. The quantitative estimate of drug-likeness (QED) is 0.628. The number of nitrogens with one attached hydrogen (secondary N) is 1. The van der Waals surface area contributed by atoms with Crippen molar-refractivity contribution in [1.82, 2.24) is 10.2 Å². The molecule has 0 spiro atoms. The zero-order chi connectivity index (χ0) is 22.9. The fourth-order valence-corrected chi connectivity index (χ4v) is 5.88. The molecule has 1 amide bonds. The molecule has 172 valence electrons. The highest BCUT2D eigenvalue weighted by Crippen LogP contribution is 2.49. The van der Waals surface area contributed by atoms with Gasteiger partial charge in [0.15, 0.2) is 0 Å². The van der Waals surface area contributed by atoms with E-state index in [1.807, 2.05) is 29.2 Å². The third-order valence-corrected chi connectivity index (χ3v) is 8.28. The van der Waals surface area contributed by atoms with Crippen LogP contribution in [0.15, 0.2) is 57.2 Å². The first-order valence-electron chi connectivity index (χ1n) is 10.1. The molecule has 2 aliphatic heterocycles. The lowest BCUT2D eigenvalue weighted by Gasteiger charge is -2.36. The summed E-state index contributed by atoms with van der Waals surface area (Å²) in [6, 6.07) is 11.1. The monoisotopic (exact) mass is 485 g/mol. The third kappa shape index (κ3) is 4.33. The maximum atomic E-state index is 13.1. The van der Waals surface area contributed by atoms with Crippen LogP contribution in [0.4, 0.5) is 24.5 Å². The second-order valence-corrected chi connectivity index (χ2v) is 10.7. The zero-order valence-electron chi connectivity index (χ0n) is 17.0. The summed E-state index contributed by atoms with van der Waals surface area (Å²) in [5.74, 6) is 0. The molecule has 2 heterocycles. The lowest BCUT2D eigenvalue weighted by molar-refractivity contribution is -0.121. The number of anilines is 2. The van der Waals surface area contributed by atoms with Gasteiger partial charge in [-0.15, -0.1) is 0 Å². The summed E-state index contributed by atoms with van der Waals surface area (Å²) < 4.78 is 63.3. The molecule has 0 radical (unpaired) electrons. The molecule has 0 aromatic heterocycles. The molecule has 0 saturated carbocycles. The molecule has 2 aromatic carbocycles. The van der Waals surface area contributed by atoms with Crippen LogP contribution in [0, 0.1) is 0 Å². The van der Waals surface area contributed by atoms with E-state index in [0.29, 0.717) is 43.1 Å². The van der Waals surface area contributed by atoms with Gasteiger partial charge < -0.3 is 15.1 Å². The number of nitrogens with zero attached hydrogens (tertiary/aromatic N) is 2. The van der Waals surface area contributed by atoms with Gasteiger partial charge in [-0.1, -0.05) is 23.9 Å². The Morgan fingerprint density at radius 3 is 2.62 bits per heavy atom. The van der Waals surface area contributed by atoms with E-state index in [1.54, 1.807) is 4.90 Å². The molecule has 32 heavy (non-hydrogen) atoms. The minimum absolute atomic E-state index is 0.0482. The number of rotatable bonds is 6. The normalized spacial score (nSPS) is 18.8. The van der Waals surface area contributed by atoms with Gasteiger partial charge in [0.25, 0.3) is 9.84 Å². The molecule has 0 bridgehead atoms. The van der Waals surface area contributed by atoms with E-state index in [9.17, 15) is 26.4 Å². The molecular weight excluding hydrogens is 463 g/mol. The number of carbonyl (C=O) groups is 1. The molecule has 11 heteroatoms. The van der Waals surface area contributed by atoms with Crippen molar-refractivity contribution in [2.24, 2.45) is 0 Å². The van der Waals surface area contributed by atoms with Crippen molar-refractivity contribution in [3.8, 4) is 0 Å². The van der Waals surface area contributed by atoms with Crippen LogP contribution in [0.5, 0.6) is 0 Å². The second kappa shape index (κ2) is 8.95. The fraction of sp³-hybridized carbons (Fsp3) is 0.381. The number of piperazine rings is 1. The number of hydrogen-bond acceptors (Lipinski definition) is 6. The summed E-state index contributed by atoms with van der Waals surface area (Å²) in [7, 11) is -5.45. The molecular formula is C21H22F3N3O3S2. The lowest BCUT2D eigenvalue weighted by Crippen LogP contribution is -2.50. The van der Waals surface area contributed by atoms with Crippen LogP contribution in [0.2, 0.25) is 0 Å². The van der Waals surface area contributed by atoms with Gasteiger partial charge in [0.05, 0.1) is 16.3 Å². The van der Waals surface area contributed by atoms with Crippen LogP contribution in [0.1, 0.15) is 12.8 Å². The van der Waals surface area contributed by atoms with Crippen molar-refractivity contribution in [3.63, 3.8) is 0 Å². The summed E-state index contributed by atoms with van der Waals surface area (Å²) in [5.41, 5.74) is -4.11. The van der Waals surface area contributed by atoms with Gasteiger partial charge in [0.2, 0.25) is 6.41 Å². The predicted octanol–water partition coefficient (Wildman–Crippen LogP) is 3.79. The second-order valence-electron chi connectivity index (χ2n) is 7.64. The largest absolute Gasteiger partial charge is 0.501 e. The van der Waals surface area contributed by atoms with Crippen LogP contribution < -0.4 is 10.2 Å². The molecule has 1 atom stereocenters. The minimum Gasteiger partial charge on any atom is -0.340 e. The topological polar surface area (TPSA) is 69.7 Å². The number of alkyl halides is 3. The maximum absolute atomic E-state index is 13.1. The van der Waals surface area contributed by atoms with E-state index in [0.717, 1.165) is 35.7 Å². The molecule has 1 saturated heterocycles. The minimum atomic E-state index is -5.45. The van der Waals surface area contributed by atoms with Crippen molar-refractivity contribution < 1.29 is 26.4 Å². The Morgan fingerprint density at radius 1 is 1.12 bits per heavy atom. The number of benzene rings is 2. The van der Waals surface area contributed by atoms with Crippen molar-refractivity contribution in [1.29, 1.82) is 0 Å². The van der Waals surface area contributed by atoms with Gasteiger partial charge in [0, 0.05) is 42.0 Å². The number of amides is 1. The number of halogens is 3. The third-order valence-electron chi connectivity index (χ3n) is 5.66. The van der Waals surface area contributed by atoms with E-state index in [4.69, 9.17) is 0 Å². The molecule has 2 aromatic rings. The zero-order valence-corrected chi connectivity index (χ0v) is 18.6. The first-order chi connectivity index (χ1) is 15.2. The van der Waals surface area contributed by atoms with E-state index in [1.165, 1.54) is 17.8 Å². The Labute approximate surface area is 188 Å².